The van der Waals surface area contributed by atoms with Crippen LogP contribution in [0.1, 0.15) is 16.2 Å². The number of rotatable bonds is 3. The number of aryl methyl sites for hydroxylation is 1. The maximum Gasteiger partial charge on any atom is 0.238 e. The molecule has 2 heterocycles. The first-order valence-electron chi connectivity index (χ1n) is 4.76. The topological polar surface area (TPSA) is 57.0 Å². The lowest BCUT2D eigenvalue weighted by molar-refractivity contribution is 0.111. The molecule has 0 aromatic carbocycles. The molecule has 0 N–H and O–H groups in total. The fourth-order valence-electron chi connectivity index (χ4n) is 1.41. The van der Waals surface area contributed by atoms with Gasteiger partial charge in [-0.1, -0.05) is 0 Å². The lowest BCUT2D eigenvalue weighted by atomic mass is 10.3. The van der Waals surface area contributed by atoms with Gasteiger partial charge in [0.1, 0.15) is 11.4 Å². The Labute approximate surface area is 92.7 Å². The van der Waals surface area contributed by atoms with Gasteiger partial charge in [-0.15, -0.1) is 0 Å². The summed E-state index contributed by atoms with van der Waals surface area (Å²) in [6.45, 7) is 1.90. The van der Waals surface area contributed by atoms with Gasteiger partial charge in [-0.25, -0.2) is 9.97 Å². The molecule has 0 spiro atoms. The molecule has 82 valence electrons. The predicted octanol–water partition coefficient (Wildman–Crippen LogP) is 1.40. The molecule has 0 radical (unpaired) electrons. The molecule has 2 rings (SSSR count). The number of pyridine rings is 1. The van der Waals surface area contributed by atoms with E-state index in [4.69, 9.17) is 4.74 Å². The first-order valence-corrected chi connectivity index (χ1v) is 4.76. The molecule has 16 heavy (non-hydrogen) atoms. The average Bonchev–Trinajstić information content (AvgIpc) is 2.74. The minimum absolute atomic E-state index is 0.345. The summed E-state index contributed by atoms with van der Waals surface area (Å²) in [5.41, 5.74) is 2.01. The quantitative estimate of drug-likeness (QED) is 0.729. The van der Waals surface area contributed by atoms with Crippen LogP contribution in [0, 0.1) is 6.92 Å². The van der Waals surface area contributed by atoms with Gasteiger partial charge >= 0.3 is 0 Å². The van der Waals surface area contributed by atoms with Gasteiger partial charge in [0.25, 0.3) is 0 Å². The van der Waals surface area contributed by atoms with Crippen molar-refractivity contribution in [3.63, 3.8) is 0 Å². The van der Waals surface area contributed by atoms with Gasteiger partial charge in [0.15, 0.2) is 6.29 Å². The van der Waals surface area contributed by atoms with E-state index >= 15 is 0 Å². The van der Waals surface area contributed by atoms with Crippen LogP contribution in [0.2, 0.25) is 0 Å². The zero-order valence-electron chi connectivity index (χ0n) is 9.04. The van der Waals surface area contributed by atoms with Crippen LogP contribution in [0.4, 0.5) is 0 Å². The molecule has 5 heteroatoms. The van der Waals surface area contributed by atoms with E-state index in [9.17, 15) is 4.79 Å². The van der Waals surface area contributed by atoms with Crippen LogP contribution in [0.5, 0.6) is 5.88 Å². The maximum atomic E-state index is 10.6. The lowest BCUT2D eigenvalue weighted by Crippen LogP contribution is -2.00. The summed E-state index contributed by atoms with van der Waals surface area (Å²) >= 11 is 0. The Kier molecular flexibility index (Phi) is 2.68. The van der Waals surface area contributed by atoms with Crippen LogP contribution in [-0.4, -0.2) is 27.9 Å². The Hall–Kier alpha value is -2.17. The van der Waals surface area contributed by atoms with Crippen LogP contribution >= 0.6 is 0 Å². The number of methoxy groups -OCH3 is 1. The Balaban J connectivity index is 2.52. The normalized spacial score (nSPS) is 10.1. The summed E-state index contributed by atoms with van der Waals surface area (Å²) in [7, 11) is 1.52. The Morgan fingerprint density at radius 2 is 2.25 bits per heavy atom. The van der Waals surface area contributed by atoms with Crippen molar-refractivity contribution in [1.29, 1.82) is 0 Å². The summed E-state index contributed by atoms with van der Waals surface area (Å²) < 4.78 is 6.93. The van der Waals surface area contributed by atoms with E-state index < -0.39 is 0 Å². The summed E-state index contributed by atoms with van der Waals surface area (Å²) in [4.78, 5) is 18.8. The van der Waals surface area contributed by atoms with E-state index in [1.165, 1.54) is 7.11 Å². The molecule has 0 bridgehead atoms. The highest BCUT2D eigenvalue weighted by Gasteiger charge is 2.08. The number of ether oxygens (including phenoxy) is 1. The van der Waals surface area contributed by atoms with Crippen molar-refractivity contribution in [2.45, 2.75) is 6.92 Å². The van der Waals surface area contributed by atoms with E-state index in [2.05, 4.69) is 9.97 Å². The molecule has 0 aliphatic heterocycles. The SMILES string of the molecule is COc1nc(C=O)ccc1-n1cnc(C)c1. The highest BCUT2D eigenvalue weighted by molar-refractivity contribution is 5.72. The summed E-state index contributed by atoms with van der Waals surface area (Å²) in [6, 6.07) is 3.41. The number of aldehydes is 1. The van der Waals surface area contributed by atoms with Gasteiger partial charge in [0.05, 0.1) is 19.1 Å². The van der Waals surface area contributed by atoms with E-state index in [1.54, 1.807) is 23.0 Å². The van der Waals surface area contributed by atoms with Crippen molar-refractivity contribution in [2.75, 3.05) is 7.11 Å². The fourth-order valence-corrected chi connectivity index (χ4v) is 1.41. The molecule has 2 aromatic rings. The smallest absolute Gasteiger partial charge is 0.238 e. The van der Waals surface area contributed by atoms with Gasteiger partial charge < -0.3 is 9.30 Å². The van der Waals surface area contributed by atoms with Crippen LogP contribution in [0.15, 0.2) is 24.7 Å². The van der Waals surface area contributed by atoms with E-state index in [-0.39, 0.29) is 0 Å². The molecule has 0 saturated heterocycles. The van der Waals surface area contributed by atoms with Crippen molar-refractivity contribution in [3.05, 3.63) is 36.0 Å². The molecule has 0 unspecified atom stereocenters. The van der Waals surface area contributed by atoms with E-state index in [0.717, 1.165) is 11.4 Å². The number of hydrogen-bond acceptors (Lipinski definition) is 4. The largest absolute Gasteiger partial charge is 0.479 e. The Bertz CT molecular complexity index is 520. The molecular formula is C11H11N3O2. The molecule has 0 saturated carbocycles. The van der Waals surface area contributed by atoms with Gasteiger partial charge in [-0.3, -0.25) is 4.79 Å². The van der Waals surface area contributed by atoms with Crippen LogP contribution in [-0.2, 0) is 0 Å². The predicted molar refractivity (Wildman–Crippen MR) is 58.0 cm³/mol. The molecular weight excluding hydrogens is 206 g/mol. The molecule has 0 aliphatic rings. The summed E-state index contributed by atoms with van der Waals surface area (Å²) in [6.07, 6.45) is 4.22. The number of aromatic nitrogens is 3. The zero-order chi connectivity index (χ0) is 11.5. The minimum Gasteiger partial charge on any atom is -0.479 e. The van der Waals surface area contributed by atoms with Gasteiger partial charge in [-0.05, 0) is 19.1 Å². The van der Waals surface area contributed by atoms with Crippen molar-refractivity contribution in [1.82, 2.24) is 14.5 Å². The second-order valence-corrected chi connectivity index (χ2v) is 3.30. The second kappa shape index (κ2) is 4.14. The highest BCUT2D eigenvalue weighted by atomic mass is 16.5. The molecule has 0 atom stereocenters. The summed E-state index contributed by atoms with van der Waals surface area (Å²) in [5, 5.41) is 0. The van der Waals surface area contributed by atoms with E-state index in [1.807, 2.05) is 13.1 Å². The van der Waals surface area contributed by atoms with E-state index in [0.29, 0.717) is 17.9 Å². The van der Waals surface area contributed by atoms with Crippen LogP contribution < -0.4 is 4.74 Å². The molecule has 2 aromatic heterocycles. The van der Waals surface area contributed by atoms with Gasteiger partial charge in [-0.2, -0.15) is 0 Å². The third-order valence-corrected chi connectivity index (χ3v) is 2.17. The summed E-state index contributed by atoms with van der Waals surface area (Å²) in [5.74, 6) is 0.405. The lowest BCUT2D eigenvalue weighted by Gasteiger charge is -2.07. The highest BCUT2D eigenvalue weighted by Crippen LogP contribution is 2.20. The molecule has 0 amide bonds. The number of carbonyl (C=O) groups is 1. The third-order valence-electron chi connectivity index (χ3n) is 2.17. The van der Waals surface area contributed by atoms with Crippen LogP contribution in [0.25, 0.3) is 5.69 Å². The standard InChI is InChI=1S/C11H11N3O2/c1-8-5-14(7-12-8)10-4-3-9(6-15)13-11(10)16-2/h3-7H,1-2H3. The average molecular weight is 217 g/mol. The number of imidazole rings is 1. The number of carbonyl (C=O) groups excluding carboxylic acids is 1. The molecule has 0 fully saturated rings. The minimum atomic E-state index is 0.345. The monoisotopic (exact) mass is 217 g/mol. The first-order chi connectivity index (χ1) is 7.74. The second-order valence-electron chi connectivity index (χ2n) is 3.30. The number of hydrogen-bond donors (Lipinski definition) is 0. The Morgan fingerprint density at radius 3 is 2.81 bits per heavy atom. The van der Waals surface area contributed by atoms with Crippen molar-refractivity contribution in [3.8, 4) is 11.6 Å². The fraction of sp³-hybridized carbons (Fsp3) is 0.182. The van der Waals surface area contributed by atoms with Gasteiger partial charge in [0.2, 0.25) is 5.88 Å². The molecule has 0 aliphatic carbocycles. The van der Waals surface area contributed by atoms with Crippen LogP contribution in [0.3, 0.4) is 0 Å². The Morgan fingerprint density at radius 1 is 1.44 bits per heavy atom. The van der Waals surface area contributed by atoms with Crippen molar-refractivity contribution >= 4 is 6.29 Å². The number of nitrogens with zero attached hydrogens (tertiary/aromatic N) is 3. The van der Waals surface area contributed by atoms with Crippen molar-refractivity contribution < 1.29 is 9.53 Å². The first kappa shape index (κ1) is 10.4. The zero-order valence-corrected chi connectivity index (χ0v) is 9.04. The maximum absolute atomic E-state index is 10.6. The van der Waals surface area contributed by atoms with Gasteiger partial charge in [0, 0.05) is 6.20 Å². The van der Waals surface area contributed by atoms with Crippen molar-refractivity contribution in [2.24, 2.45) is 0 Å². The molecule has 5 nitrogen and oxygen atoms in total. The third kappa shape index (κ3) is 1.79.